The predicted octanol–water partition coefficient (Wildman–Crippen LogP) is 4.73. The van der Waals surface area contributed by atoms with Gasteiger partial charge in [-0.1, -0.05) is 23.8 Å². The smallest absolute Gasteiger partial charge is 0.302 e. The third kappa shape index (κ3) is 4.51. The van der Waals surface area contributed by atoms with E-state index in [1.165, 1.54) is 0 Å². The molecule has 0 atom stereocenters. The average Bonchev–Trinajstić information content (AvgIpc) is 2.46. The molecule has 2 rings (SSSR count). The molecule has 1 aromatic heterocycles. The van der Waals surface area contributed by atoms with Crippen LogP contribution >= 0.6 is 7.60 Å². The maximum absolute atomic E-state index is 13.5. The summed E-state index contributed by atoms with van der Waals surface area (Å²) >= 11 is 0. The van der Waals surface area contributed by atoms with Gasteiger partial charge in [-0.15, -0.1) is 0 Å². The number of hydrogen-bond acceptors (Lipinski definition) is 4. The molecule has 124 valence electrons. The van der Waals surface area contributed by atoms with Crippen LogP contribution in [0.4, 0.5) is 0 Å². The highest BCUT2D eigenvalue weighted by molar-refractivity contribution is 7.62. The summed E-state index contributed by atoms with van der Waals surface area (Å²) < 4.78 is 25.0. The third-order valence-electron chi connectivity index (χ3n) is 3.09. The standard InChI is InChI=1S/C18H24NO3P/c1-13(2)21-23(20,22-14(3)4)18-12-15(5)9-10-16(18)17-8-6-7-11-19-17/h6-14H,1-5H3. The number of benzene rings is 1. The summed E-state index contributed by atoms with van der Waals surface area (Å²) in [6, 6.07) is 11.4. The Morgan fingerprint density at radius 1 is 1.00 bits per heavy atom. The molecule has 0 aliphatic rings. The van der Waals surface area contributed by atoms with Crippen LogP contribution < -0.4 is 5.30 Å². The molecule has 0 amide bonds. The van der Waals surface area contributed by atoms with Crippen molar-refractivity contribution >= 4 is 12.9 Å². The number of aryl methyl sites for hydroxylation is 1. The van der Waals surface area contributed by atoms with Crippen molar-refractivity contribution in [1.82, 2.24) is 4.98 Å². The molecule has 0 saturated carbocycles. The number of aromatic nitrogens is 1. The average molecular weight is 333 g/mol. The SMILES string of the molecule is Cc1ccc(-c2ccccn2)c(P(=O)(OC(C)C)OC(C)C)c1. The highest BCUT2D eigenvalue weighted by Crippen LogP contribution is 2.51. The fourth-order valence-electron chi connectivity index (χ4n) is 2.30. The van der Waals surface area contributed by atoms with Crippen molar-refractivity contribution in [3.8, 4) is 11.3 Å². The first-order valence-electron chi connectivity index (χ1n) is 7.81. The van der Waals surface area contributed by atoms with Gasteiger partial charge < -0.3 is 9.05 Å². The van der Waals surface area contributed by atoms with E-state index < -0.39 is 7.60 Å². The van der Waals surface area contributed by atoms with Crippen LogP contribution in [0.2, 0.25) is 0 Å². The van der Waals surface area contributed by atoms with Gasteiger partial charge in [-0.3, -0.25) is 9.55 Å². The lowest BCUT2D eigenvalue weighted by Crippen LogP contribution is -2.19. The Morgan fingerprint density at radius 3 is 2.17 bits per heavy atom. The van der Waals surface area contributed by atoms with Gasteiger partial charge >= 0.3 is 7.60 Å². The van der Waals surface area contributed by atoms with Crippen LogP contribution in [0.25, 0.3) is 11.3 Å². The van der Waals surface area contributed by atoms with Gasteiger partial charge in [0.15, 0.2) is 0 Å². The second-order valence-electron chi connectivity index (χ2n) is 6.04. The van der Waals surface area contributed by atoms with Crippen molar-refractivity contribution in [3.63, 3.8) is 0 Å². The first kappa shape index (κ1) is 17.9. The van der Waals surface area contributed by atoms with E-state index in [-0.39, 0.29) is 12.2 Å². The number of pyridine rings is 1. The molecule has 2 aromatic rings. The Labute approximate surface area is 138 Å². The fraction of sp³-hybridized carbons (Fsp3) is 0.389. The van der Waals surface area contributed by atoms with Crippen LogP contribution in [0.15, 0.2) is 42.6 Å². The van der Waals surface area contributed by atoms with Crippen LogP contribution in [0, 0.1) is 6.92 Å². The first-order valence-corrected chi connectivity index (χ1v) is 9.35. The summed E-state index contributed by atoms with van der Waals surface area (Å²) in [4.78, 5) is 4.38. The Kier molecular flexibility index (Phi) is 5.74. The fourth-order valence-corrected chi connectivity index (χ4v) is 4.53. The minimum Gasteiger partial charge on any atom is -0.302 e. The zero-order valence-electron chi connectivity index (χ0n) is 14.3. The monoisotopic (exact) mass is 333 g/mol. The molecule has 0 fully saturated rings. The molecule has 5 heteroatoms. The maximum Gasteiger partial charge on any atom is 0.362 e. The number of rotatable bonds is 6. The molecule has 0 aliphatic heterocycles. The number of hydrogen-bond donors (Lipinski definition) is 0. The van der Waals surface area contributed by atoms with Gasteiger partial charge in [0, 0.05) is 11.8 Å². The molecule has 23 heavy (non-hydrogen) atoms. The summed E-state index contributed by atoms with van der Waals surface area (Å²) in [5.41, 5.74) is 2.53. The largest absolute Gasteiger partial charge is 0.362 e. The van der Waals surface area contributed by atoms with Crippen molar-refractivity contribution in [1.29, 1.82) is 0 Å². The summed E-state index contributed by atoms with van der Waals surface area (Å²) in [5.74, 6) is 0. The molecule has 1 heterocycles. The van der Waals surface area contributed by atoms with Crippen LogP contribution in [-0.4, -0.2) is 17.2 Å². The molecule has 0 unspecified atom stereocenters. The summed E-state index contributed by atoms with van der Waals surface area (Å²) in [7, 11) is -3.45. The molecule has 1 aromatic carbocycles. The van der Waals surface area contributed by atoms with Gasteiger partial charge in [0.05, 0.1) is 23.2 Å². The predicted molar refractivity (Wildman–Crippen MR) is 94.1 cm³/mol. The van der Waals surface area contributed by atoms with Gasteiger partial charge in [-0.25, -0.2) is 0 Å². The Bertz CT molecular complexity index is 685. The second-order valence-corrected chi connectivity index (χ2v) is 7.94. The second kappa shape index (κ2) is 7.39. The Balaban J connectivity index is 2.62. The molecular formula is C18H24NO3P. The van der Waals surface area contributed by atoms with E-state index >= 15 is 0 Å². The van der Waals surface area contributed by atoms with Gasteiger partial charge in [0.25, 0.3) is 0 Å². The van der Waals surface area contributed by atoms with E-state index in [9.17, 15) is 4.57 Å². The van der Waals surface area contributed by atoms with E-state index in [0.717, 1.165) is 16.8 Å². The van der Waals surface area contributed by atoms with Crippen molar-refractivity contribution < 1.29 is 13.6 Å². The molecule has 0 N–H and O–H groups in total. The van der Waals surface area contributed by atoms with Crippen molar-refractivity contribution in [2.45, 2.75) is 46.8 Å². The molecule has 0 radical (unpaired) electrons. The molecule has 0 spiro atoms. The van der Waals surface area contributed by atoms with Gasteiger partial charge in [-0.05, 0) is 52.8 Å². The highest BCUT2D eigenvalue weighted by Gasteiger charge is 2.33. The zero-order chi connectivity index (χ0) is 17.0. The first-order chi connectivity index (χ1) is 10.8. The topological polar surface area (TPSA) is 48.4 Å². The molecule has 0 bridgehead atoms. The van der Waals surface area contributed by atoms with Gasteiger partial charge in [-0.2, -0.15) is 0 Å². The highest BCUT2D eigenvalue weighted by atomic mass is 31.2. The molecule has 4 nitrogen and oxygen atoms in total. The van der Waals surface area contributed by atoms with E-state index in [4.69, 9.17) is 9.05 Å². The van der Waals surface area contributed by atoms with Crippen molar-refractivity contribution in [3.05, 3.63) is 48.2 Å². The summed E-state index contributed by atoms with van der Waals surface area (Å²) in [6.07, 6.45) is 1.30. The Morgan fingerprint density at radius 2 is 1.65 bits per heavy atom. The summed E-state index contributed by atoms with van der Waals surface area (Å²) in [6.45, 7) is 9.37. The van der Waals surface area contributed by atoms with Crippen LogP contribution in [-0.2, 0) is 13.6 Å². The van der Waals surface area contributed by atoms with Crippen LogP contribution in [0.1, 0.15) is 33.3 Å². The van der Waals surface area contributed by atoms with E-state index in [0.29, 0.717) is 5.30 Å². The maximum atomic E-state index is 13.5. The minimum absolute atomic E-state index is 0.211. The normalized spacial score (nSPS) is 12.1. The lowest BCUT2D eigenvalue weighted by molar-refractivity contribution is 0.150. The Hall–Kier alpha value is -1.48. The van der Waals surface area contributed by atoms with Crippen LogP contribution in [0.5, 0.6) is 0 Å². The quantitative estimate of drug-likeness (QED) is 0.717. The van der Waals surface area contributed by atoms with E-state index in [1.54, 1.807) is 6.20 Å². The van der Waals surface area contributed by atoms with Crippen LogP contribution in [0.3, 0.4) is 0 Å². The molecular weight excluding hydrogens is 309 g/mol. The number of nitrogens with zero attached hydrogens (tertiary/aromatic N) is 1. The van der Waals surface area contributed by atoms with Gasteiger partial charge in [0.2, 0.25) is 0 Å². The lowest BCUT2D eigenvalue weighted by atomic mass is 10.1. The van der Waals surface area contributed by atoms with E-state index in [2.05, 4.69) is 4.98 Å². The minimum atomic E-state index is -3.45. The lowest BCUT2D eigenvalue weighted by Gasteiger charge is -2.25. The zero-order valence-corrected chi connectivity index (χ0v) is 15.2. The molecule has 0 saturated heterocycles. The van der Waals surface area contributed by atoms with Crippen molar-refractivity contribution in [2.75, 3.05) is 0 Å². The van der Waals surface area contributed by atoms with E-state index in [1.807, 2.05) is 71.0 Å². The summed E-state index contributed by atoms with van der Waals surface area (Å²) in [5, 5.41) is 0.568. The van der Waals surface area contributed by atoms with Gasteiger partial charge in [0.1, 0.15) is 0 Å². The molecule has 0 aliphatic carbocycles. The third-order valence-corrected chi connectivity index (χ3v) is 5.45. The van der Waals surface area contributed by atoms with Crippen molar-refractivity contribution in [2.24, 2.45) is 0 Å².